The van der Waals surface area contributed by atoms with E-state index in [4.69, 9.17) is 0 Å². The molecule has 0 atom stereocenters. The topological polar surface area (TPSA) is 40.7 Å². The van der Waals surface area contributed by atoms with E-state index in [1.807, 2.05) is 13.0 Å². The highest BCUT2D eigenvalue weighted by atomic mass is 14.9. The van der Waals surface area contributed by atoms with Gasteiger partial charge in [-0.05, 0) is 31.5 Å². The zero-order chi connectivity index (χ0) is 10.7. The van der Waals surface area contributed by atoms with E-state index in [2.05, 4.69) is 34.3 Å². The summed E-state index contributed by atoms with van der Waals surface area (Å²) < 4.78 is 0. The summed E-state index contributed by atoms with van der Waals surface area (Å²) in [5.41, 5.74) is 3.31. The Morgan fingerprint density at radius 2 is 2.27 bits per heavy atom. The average Bonchev–Trinajstić information content (AvgIpc) is 2.57. The first-order valence-electron chi connectivity index (χ1n) is 5.50. The van der Waals surface area contributed by atoms with Gasteiger partial charge >= 0.3 is 0 Å². The molecule has 0 fully saturated rings. The van der Waals surface area contributed by atoms with E-state index in [9.17, 15) is 0 Å². The van der Waals surface area contributed by atoms with E-state index >= 15 is 0 Å². The molecular formula is C12H17N3. The Morgan fingerprint density at radius 1 is 1.40 bits per heavy atom. The van der Waals surface area contributed by atoms with Gasteiger partial charge in [0.2, 0.25) is 0 Å². The summed E-state index contributed by atoms with van der Waals surface area (Å²) in [6, 6.07) is 6.25. The molecule has 3 nitrogen and oxygen atoms in total. The largest absolute Gasteiger partial charge is 0.385 e. The molecule has 80 valence electrons. The van der Waals surface area contributed by atoms with Gasteiger partial charge in [-0.2, -0.15) is 0 Å². The fourth-order valence-electron chi connectivity index (χ4n) is 1.66. The van der Waals surface area contributed by atoms with Gasteiger partial charge in [0.1, 0.15) is 5.82 Å². The number of fused-ring (bicyclic) bond motifs is 1. The molecule has 0 saturated heterocycles. The van der Waals surface area contributed by atoms with Crippen LogP contribution in [0.4, 0.5) is 5.69 Å². The van der Waals surface area contributed by atoms with Crippen molar-refractivity contribution in [3.63, 3.8) is 0 Å². The summed E-state index contributed by atoms with van der Waals surface area (Å²) in [6.45, 7) is 5.21. The normalized spacial score (nSPS) is 10.8. The Bertz CT molecular complexity index is 445. The number of aromatic amines is 1. The average molecular weight is 203 g/mol. The smallest absolute Gasteiger partial charge is 0.104 e. The second kappa shape index (κ2) is 4.34. The first-order valence-corrected chi connectivity index (χ1v) is 5.50. The van der Waals surface area contributed by atoms with Gasteiger partial charge < -0.3 is 10.3 Å². The predicted molar refractivity (Wildman–Crippen MR) is 64.2 cm³/mol. The quantitative estimate of drug-likeness (QED) is 0.750. The minimum atomic E-state index is 0.968. The fraction of sp³-hybridized carbons (Fsp3) is 0.417. The third-order valence-electron chi connectivity index (χ3n) is 2.46. The molecule has 0 radical (unpaired) electrons. The molecule has 0 bridgehead atoms. The second-order valence-electron chi connectivity index (χ2n) is 3.83. The van der Waals surface area contributed by atoms with Crippen molar-refractivity contribution in [2.45, 2.75) is 26.7 Å². The molecule has 0 aliphatic heterocycles. The summed E-state index contributed by atoms with van der Waals surface area (Å²) in [5, 5.41) is 3.40. The van der Waals surface area contributed by atoms with Gasteiger partial charge in [-0.3, -0.25) is 0 Å². The van der Waals surface area contributed by atoms with Crippen molar-refractivity contribution in [1.29, 1.82) is 0 Å². The number of hydrogen-bond donors (Lipinski definition) is 2. The monoisotopic (exact) mass is 203 g/mol. The maximum absolute atomic E-state index is 4.37. The van der Waals surface area contributed by atoms with Crippen LogP contribution in [-0.2, 0) is 0 Å². The number of hydrogen-bond acceptors (Lipinski definition) is 2. The minimum Gasteiger partial charge on any atom is -0.385 e. The van der Waals surface area contributed by atoms with Crippen molar-refractivity contribution in [2.24, 2.45) is 0 Å². The lowest BCUT2D eigenvalue weighted by atomic mass is 10.2. The molecule has 0 spiro atoms. The third-order valence-corrected chi connectivity index (χ3v) is 2.46. The highest BCUT2D eigenvalue weighted by Crippen LogP contribution is 2.16. The molecule has 2 aromatic rings. The zero-order valence-electron chi connectivity index (χ0n) is 9.30. The number of anilines is 1. The van der Waals surface area contributed by atoms with Crippen LogP contribution < -0.4 is 5.32 Å². The summed E-state index contributed by atoms with van der Waals surface area (Å²) in [4.78, 5) is 7.61. The molecule has 0 unspecified atom stereocenters. The maximum atomic E-state index is 4.37. The van der Waals surface area contributed by atoms with Crippen LogP contribution in [0, 0.1) is 6.92 Å². The summed E-state index contributed by atoms with van der Waals surface area (Å²) in [6.07, 6.45) is 2.43. The van der Waals surface area contributed by atoms with Crippen LogP contribution in [0.25, 0.3) is 11.0 Å². The number of aromatic nitrogens is 2. The lowest BCUT2D eigenvalue weighted by Crippen LogP contribution is -2.00. The first-order chi connectivity index (χ1) is 7.29. The summed E-state index contributed by atoms with van der Waals surface area (Å²) >= 11 is 0. The van der Waals surface area contributed by atoms with Crippen molar-refractivity contribution in [1.82, 2.24) is 9.97 Å². The molecule has 0 aliphatic carbocycles. The van der Waals surface area contributed by atoms with Gasteiger partial charge in [-0.15, -0.1) is 0 Å². The van der Waals surface area contributed by atoms with E-state index in [0.717, 1.165) is 23.4 Å². The number of unbranched alkanes of at least 4 members (excludes halogenated alkanes) is 1. The molecule has 1 heterocycles. The van der Waals surface area contributed by atoms with Crippen LogP contribution in [-0.4, -0.2) is 16.5 Å². The van der Waals surface area contributed by atoms with E-state index in [0.29, 0.717) is 0 Å². The highest BCUT2D eigenvalue weighted by Gasteiger charge is 1.99. The van der Waals surface area contributed by atoms with E-state index < -0.39 is 0 Å². The van der Waals surface area contributed by atoms with Crippen molar-refractivity contribution in [2.75, 3.05) is 11.9 Å². The van der Waals surface area contributed by atoms with Gasteiger partial charge in [0.25, 0.3) is 0 Å². The molecule has 15 heavy (non-hydrogen) atoms. The Kier molecular flexibility index (Phi) is 2.90. The summed E-state index contributed by atoms with van der Waals surface area (Å²) in [7, 11) is 0. The van der Waals surface area contributed by atoms with Crippen molar-refractivity contribution in [3.8, 4) is 0 Å². The number of aryl methyl sites for hydroxylation is 1. The van der Waals surface area contributed by atoms with Gasteiger partial charge in [0, 0.05) is 12.2 Å². The molecule has 0 amide bonds. The van der Waals surface area contributed by atoms with Crippen LogP contribution in [0.2, 0.25) is 0 Å². The Balaban J connectivity index is 2.15. The predicted octanol–water partition coefficient (Wildman–Crippen LogP) is 3.08. The van der Waals surface area contributed by atoms with Crippen molar-refractivity contribution >= 4 is 16.7 Å². The number of H-pyrrole nitrogens is 1. The van der Waals surface area contributed by atoms with Crippen LogP contribution in [0.1, 0.15) is 25.6 Å². The molecule has 1 aromatic carbocycles. The lowest BCUT2D eigenvalue weighted by Gasteiger charge is -2.04. The molecule has 0 saturated carbocycles. The molecule has 0 aliphatic rings. The molecule has 3 heteroatoms. The van der Waals surface area contributed by atoms with Crippen LogP contribution in [0.5, 0.6) is 0 Å². The molecule has 2 N–H and O–H groups in total. The maximum Gasteiger partial charge on any atom is 0.104 e. The number of nitrogens with zero attached hydrogens (tertiary/aromatic N) is 1. The number of benzene rings is 1. The Labute approximate surface area is 89.9 Å². The SMILES string of the molecule is CCCCNc1ccc2nc(C)[nH]c2c1. The molecular weight excluding hydrogens is 186 g/mol. The Morgan fingerprint density at radius 3 is 3.07 bits per heavy atom. The lowest BCUT2D eigenvalue weighted by molar-refractivity contribution is 0.834. The van der Waals surface area contributed by atoms with Crippen molar-refractivity contribution in [3.05, 3.63) is 24.0 Å². The zero-order valence-corrected chi connectivity index (χ0v) is 9.30. The minimum absolute atomic E-state index is 0.968. The molecule has 2 rings (SSSR count). The van der Waals surface area contributed by atoms with Crippen LogP contribution in [0.3, 0.4) is 0 Å². The van der Waals surface area contributed by atoms with E-state index in [-0.39, 0.29) is 0 Å². The highest BCUT2D eigenvalue weighted by molar-refractivity contribution is 5.79. The van der Waals surface area contributed by atoms with E-state index in [1.54, 1.807) is 0 Å². The second-order valence-corrected chi connectivity index (χ2v) is 3.83. The molecule has 1 aromatic heterocycles. The number of nitrogens with one attached hydrogen (secondary N) is 2. The number of rotatable bonds is 4. The van der Waals surface area contributed by atoms with Gasteiger partial charge in [0.05, 0.1) is 11.0 Å². The van der Waals surface area contributed by atoms with Gasteiger partial charge in [-0.1, -0.05) is 13.3 Å². The Hall–Kier alpha value is -1.51. The van der Waals surface area contributed by atoms with Gasteiger partial charge in [-0.25, -0.2) is 4.98 Å². The van der Waals surface area contributed by atoms with Crippen molar-refractivity contribution < 1.29 is 0 Å². The number of imidazole rings is 1. The van der Waals surface area contributed by atoms with Gasteiger partial charge in [0.15, 0.2) is 0 Å². The van der Waals surface area contributed by atoms with Crippen LogP contribution >= 0.6 is 0 Å². The first kappa shape index (κ1) is 10.0. The summed E-state index contributed by atoms with van der Waals surface area (Å²) in [5.74, 6) is 0.968. The third kappa shape index (κ3) is 2.29. The fourth-order valence-corrected chi connectivity index (χ4v) is 1.66. The standard InChI is InChI=1S/C12H17N3/c1-3-4-7-13-10-5-6-11-12(8-10)15-9(2)14-11/h5-6,8,13H,3-4,7H2,1-2H3,(H,14,15). The van der Waals surface area contributed by atoms with Crippen LogP contribution in [0.15, 0.2) is 18.2 Å². The van der Waals surface area contributed by atoms with E-state index in [1.165, 1.54) is 18.5 Å².